The van der Waals surface area contributed by atoms with E-state index in [4.69, 9.17) is 4.74 Å². The number of hydrogen-bond acceptors (Lipinski definition) is 3. The fraction of sp³-hybridized carbons (Fsp3) is 0.0588. The second-order valence-electron chi connectivity index (χ2n) is 4.79. The van der Waals surface area contributed by atoms with Crippen molar-refractivity contribution in [2.24, 2.45) is 0 Å². The molecule has 0 aliphatic heterocycles. The van der Waals surface area contributed by atoms with E-state index in [9.17, 15) is 9.59 Å². The second kappa shape index (κ2) is 6.15. The average Bonchev–Trinajstić information content (AvgIpc) is 2.53. The highest BCUT2D eigenvalue weighted by Gasteiger charge is 2.07. The molecule has 0 radical (unpaired) electrons. The number of fused-ring (bicyclic) bond motifs is 1. The molecule has 0 unspecified atom stereocenters. The fourth-order valence-corrected chi connectivity index (χ4v) is 2.35. The van der Waals surface area contributed by atoms with Crippen LogP contribution in [0.5, 0.6) is 5.75 Å². The topological polar surface area (TPSA) is 59.2 Å². The molecule has 4 nitrogen and oxygen atoms in total. The number of ketones is 1. The zero-order valence-electron chi connectivity index (χ0n) is 11.5. The van der Waals surface area contributed by atoms with Crippen molar-refractivity contribution in [3.05, 3.63) is 75.0 Å². The van der Waals surface area contributed by atoms with Crippen LogP contribution in [0.4, 0.5) is 0 Å². The van der Waals surface area contributed by atoms with Crippen molar-refractivity contribution >= 4 is 32.6 Å². The molecule has 3 aromatic rings. The zero-order chi connectivity index (χ0) is 15.5. The average molecular weight is 358 g/mol. The molecule has 110 valence electrons. The van der Waals surface area contributed by atoms with E-state index in [2.05, 4.69) is 20.9 Å². The number of hydrogen-bond donors (Lipinski definition) is 1. The minimum absolute atomic E-state index is 0.0313. The summed E-state index contributed by atoms with van der Waals surface area (Å²) in [4.78, 5) is 26.0. The van der Waals surface area contributed by atoms with Gasteiger partial charge in [0.2, 0.25) is 5.56 Å². The summed E-state index contributed by atoms with van der Waals surface area (Å²) in [7, 11) is 0. The first-order valence-corrected chi connectivity index (χ1v) is 7.46. The number of ether oxygens (including phenoxy) is 1. The summed E-state index contributed by atoms with van der Waals surface area (Å²) < 4.78 is 6.46. The first kappa shape index (κ1) is 14.5. The van der Waals surface area contributed by atoms with E-state index in [-0.39, 0.29) is 17.9 Å². The number of Topliss-reactive ketones (excluding diaryl/α,β-unsaturated/α-hetero) is 1. The Morgan fingerprint density at radius 3 is 2.59 bits per heavy atom. The van der Waals surface area contributed by atoms with Gasteiger partial charge in [0, 0.05) is 27.0 Å². The van der Waals surface area contributed by atoms with Crippen molar-refractivity contribution in [1.82, 2.24) is 4.98 Å². The lowest BCUT2D eigenvalue weighted by Crippen LogP contribution is -2.11. The Morgan fingerprint density at radius 1 is 1.05 bits per heavy atom. The molecule has 0 aliphatic rings. The Bertz CT molecular complexity index is 884. The normalized spacial score (nSPS) is 10.6. The number of aromatic nitrogens is 1. The number of aromatic amines is 1. The quantitative estimate of drug-likeness (QED) is 0.726. The highest BCUT2D eigenvalue weighted by Crippen LogP contribution is 2.18. The molecule has 2 aromatic carbocycles. The predicted molar refractivity (Wildman–Crippen MR) is 88.5 cm³/mol. The Balaban J connectivity index is 1.73. The largest absolute Gasteiger partial charge is 0.485 e. The first-order valence-electron chi connectivity index (χ1n) is 6.66. The maximum atomic E-state index is 12.0. The number of halogens is 1. The van der Waals surface area contributed by atoms with Crippen molar-refractivity contribution in [3.8, 4) is 5.75 Å². The van der Waals surface area contributed by atoms with Crippen LogP contribution in [0, 0.1) is 0 Å². The maximum absolute atomic E-state index is 12.0. The Kier molecular flexibility index (Phi) is 4.06. The monoisotopic (exact) mass is 357 g/mol. The lowest BCUT2D eigenvalue weighted by Gasteiger charge is -2.07. The molecule has 22 heavy (non-hydrogen) atoms. The third-order valence-corrected chi connectivity index (χ3v) is 3.76. The third kappa shape index (κ3) is 3.26. The van der Waals surface area contributed by atoms with E-state index in [0.29, 0.717) is 11.3 Å². The molecule has 1 aromatic heterocycles. The van der Waals surface area contributed by atoms with Crippen molar-refractivity contribution < 1.29 is 9.53 Å². The number of rotatable bonds is 4. The van der Waals surface area contributed by atoms with Gasteiger partial charge in [-0.2, -0.15) is 0 Å². The SMILES string of the molecule is O=C(COc1ccc2[nH]c(=O)ccc2c1)c1ccc(Br)cc1. The van der Waals surface area contributed by atoms with Crippen LogP contribution in [0.1, 0.15) is 10.4 Å². The van der Waals surface area contributed by atoms with E-state index in [1.807, 2.05) is 12.1 Å². The number of carbonyl (C=O) groups is 1. The molecule has 0 fully saturated rings. The summed E-state index contributed by atoms with van der Waals surface area (Å²) in [6.45, 7) is -0.0313. The lowest BCUT2D eigenvalue weighted by molar-refractivity contribution is 0.0921. The van der Waals surface area contributed by atoms with Gasteiger partial charge in [-0.05, 0) is 36.4 Å². The summed E-state index contributed by atoms with van der Waals surface area (Å²) in [5, 5.41) is 0.855. The number of nitrogens with one attached hydrogen (secondary N) is 1. The molecule has 0 aliphatic carbocycles. The number of H-pyrrole nitrogens is 1. The molecule has 1 N–H and O–H groups in total. The van der Waals surface area contributed by atoms with Gasteiger partial charge in [-0.1, -0.05) is 28.1 Å². The van der Waals surface area contributed by atoms with Gasteiger partial charge < -0.3 is 9.72 Å². The summed E-state index contributed by atoms with van der Waals surface area (Å²) in [6, 6.07) is 15.6. The Hall–Kier alpha value is -2.40. The van der Waals surface area contributed by atoms with Crippen LogP contribution in [0.3, 0.4) is 0 Å². The zero-order valence-corrected chi connectivity index (χ0v) is 13.1. The molecule has 0 saturated carbocycles. The van der Waals surface area contributed by atoms with Crippen molar-refractivity contribution in [1.29, 1.82) is 0 Å². The van der Waals surface area contributed by atoms with Gasteiger partial charge in [0.25, 0.3) is 0 Å². The minimum Gasteiger partial charge on any atom is -0.485 e. The molecule has 0 saturated heterocycles. The lowest BCUT2D eigenvalue weighted by atomic mass is 10.1. The second-order valence-corrected chi connectivity index (χ2v) is 5.71. The van der Waals surface area contributed by atoms with Gasteiger partial charge in [0.15, 0.2) is 12.4 Å². The third-order valence-electron chi connectivity index (χ3n) is 3.23. The molecular formula is C17H12BrNO3. The fourth-order valence-electron chi connectivity index (χ4n) is 2.09. The number of pyridine rings is 1. The van der Waals surface area contributed by atoms with Gasteiger partial charge >= 0.3 is 0 Å². The van der Waals surface area contributed by atoms with Crippen LogP contribution in [0.2, 0.25) is 0 Å². The van der Waals surface area contributed by atoms with Crippen LogP contribution >= 0.6 is 15.9 Å². The smallest absolute Gasteiger partial charge is 0.248 e. The van der Waals surface area contributed by atoms with E-state index in [1.165, 1.54) is 6.07 Å². The van der Waals surface area contributed by atoms with E-state index in [1.54, 1.807) is 36.4 Å². The molecule has 5 heteroatoms. The van der Waals surface area contributed by atoms with Gasteiger partial charge in [-0.15, -0.1) is 0 Å². The van der Waals surface area contributed by atoms with Gasteiger partial charge in [0.05, 0.1) is 0 Å². The van der Waals surface area contributed by atoms with Crippen LogP contribution in [0.15, 0.2) is 63.9 Å². The minimum atomic E-state index is -0.147. The first-order chi connectivity index (χ1) is 10.6. The van der Waals surface area contributed by atoms with Gasteiger partial charge in [-0.3, -0.25) is 9.59 Å². The number of carbonyl (C=O) groups excluding carboxylic acids is 1. The Labute approximate surface area is 134 Å². The summed E-state index contributed by atoms with van der Waals surface area (Å²) in [5.41, 5.74) is 1.19. The molecule has 0 atom stereocenters. The van der Waals surface area contributed by atoms with E-state index in [0.717, 1.165) is 15.4 Å². The summed E-state index contributed by atoms with van der Waals surface area (Å²) in [6.07, 6.45) is 0. The van der Waals surface area contributed by atoms with Crippen LogP contribution < -0.4 is 10.3 Å². The maximum Gasteiger partial charge on any atom is 0.248 e. The molecule has 1 heterocycles. The van der Waals surface area contributed by atoms with Gasteiger partial charge in [-0.25, -0.2) is 0 Å². The summed E-state index contributed by atoms with van der Waals surface area (Å²) >= 11 is 3.33. The van der Waals surface area contributed by atoms with Crippen molar-refractivity contribution in [3.63, 3.8) is 0 Å². The molecule has 0 spiro atoms. The van der Waals surface area contributed by atoms with Crippen LogP contribution in [0.25, 0.3) is 10.9 Å². The standard InChI is InChI=1S/C17H12BrNO3/c18-13-4-1-11(2-5-13)16(20)10-22-14-6-7-15-12(9-14)3-8-17(21)19-15/h1-9H,10H2,(H,19,21). The Morgan fingerprint density at radius 2 is 1.82 bits per heavy atom. The van der Waals surface area contributed by atoms with Crippen LogP contribution in [-0.2, 0) is 0 Å². The van der Waals surface area contributed by atoms with E-state index < -0.39 is 0 Å². The molecular weight excluding hydrogens is 346 g/mol. The molecule has 0 bridgehead atoms. The molecule has 3 rings (SSSR count). The highest BCUT2D eigenvalue weighted by molar-refractivity contribution is 9.10. The van der Waals surface area contributed by atoms with Crippen molar-refractivity contribution in [2.75, 3.05) is 6.61 Å². The number of benzene rings is 2. The van der Waals surface area contributed by atoms with Crippen molar-refractivity contribution in [2.45, 2.75) is 0 Å². The van der Waals surface area contributed by atoms with Gasteiger partial charge in [0.1, 0.15) is 5.75 Å². The summed E-state index contributed by atoms with van der Waals surface area (Å²) in [5.74, 6) is 0.499. The molecule has 0 amide bonds. The highest BCUT2D eigenvalue weighted by atomic mass is 79.9. The van der Waals surface area contributed by atoms with E-state index >= 15 is 0 Å². The predicted octanol–water partition coefficient (Wildman–Crippen LogP) is 3.55. The van der Waals surface area contributed by atoms with Crippen LogP contribution in [-0.4, -0.2) is 17.4 Å².